The second-order valence-electron chi connectivity index (χ2n) is 2.90. The van der Waals surface area contributed by atoms with Crippen molar-refractivity contribution in [2.24, 2.45) is 0 Å². The Hall–Kier alpha value is -0.540. The second kappa shape index (κ2) is 6.03. The number of allylic oxidation sites excluding steroid dienone is 1. The molecule has 0 aromatic carbocycles. The van der Waals surface area contributed by atoms with Gasteiger partial charge in [-0.15, -0.1) is 0 Å². The quantitative estimate of drug-likeness (QED) is 0.578. The van der Waals surface area contributed by atoms with E-state index in [2.05, 4.69) is 6.58 Å². The Morgan fingerprint density at radius 3 is 2.58 bits per heavy atom. The van der Waals surface area contributed by atoms with Crippen LogP contribution in [0.1, 0.15) is 40.0 Å². The third-order valence-electron chi connectivity index (χ3n) is 1.65. The minimum Gasteiger partial charge on any atom is -0.734 e. The Kier molecular flexibility index (Phi) is 5.76. The van der Waals surface area contributed by atoms with Crippen LogP contribution in [0, 0.1) is 5.21 Å². The zero-order valence-corrected chi connectivity index (χ0v) is 8.17. The van der Waals surface area contributed by atoms with E-state index in [1.54, 1.807) is 0 Å². The Labute approximate surface area is 74.5 Å². The zero-order valence-electron chi connectivity index (χ0n) is 8.17. The highest BCUT2D eigenvalue weighted by atomic mass is 16.9. The minimum atomic E-state index is -0.0314. The predicted octanol–water partition coefficient (Wildman–Crippen LogP) is 2.83. The van der Waals surface area contributed by atoms with E-state index < -0.39 is 0 Å². The van der Waals surface area contributed by atoms with Gasteiger partial charge in [0.1, 0.15) is 0 Å². The van der Waals surface area contributed by atoms with Gasteiger partial charge < -0.3 is 10.4 Å². The fourth-order valence-corrected chi connectivity index (χ4v) is 0.692. The van der Waals surface area contributed by atoms with E-state index in [-0.39, 0.29) is 6.10 Å². The molecule has 0 aromatic heterocycles. The lowest BCUT2D eigenvalue weighted by Gasteiger charge is -2.33. The molecule has 0 bridgehead atoms. The Morgan fingerprint density at radius 1 is 1.58 bits per heavy atom. The molecule has 0 aromatic rings. The molecule has 0 heterocycles. The van der Waals surface area contributed by atoms with Gasteiger partial charge in [-0.2, -0.15) is 0 Å². The molecular formula is C9H18NO2-. The Morgan fingerprint density at radius 2 is 2.17 bits per heavy atom. The predicted molar refractivity (Wildman–Crippen MR) is 50.1 cm³/mol. The fourth-order valence-electron chi connectivity index (χ4n) is 0.692. The molecule has 12 heavy (non-hydrogen) atoms. The summed E-state index contributed by atoms with van der Waals surface area (Å²) in [5.41, 5.74) is 0.498. The third kappa shape index (κ3) is 4.36. The van der Waals surface area contributed by atoms with E-state index in [4.69, 9.17) is 4.84 Å². The molecule has 0 aliphatic heterocycles. The molecule has 0 saturated heterocycles. The van der Waals surface area contributed by atoms with Crippen LogP contribution in [0.3, 0.4) is 0 Å². The third-order valence-corrected chi connectivity index (χ3v) is 1.65. The highest BCUT2D eigenvalue weighted by Crippen LogP contribution is 2.10. The van der Waals surface area contributed by atoms with Crippen molar-refractivity contribution in [1.29, 1.82) is 0 Å². The summed E-state index contributed by atoms with van der Waals surface area (Å²) in [5.74, 6) is 0. The van der Waals surface area contributed by atoms with E-state index in [0.29, 0.717) is 17.3 Å². The van der Waals surface area contributed by atoms with E-state index >= 15 is 0 Å². The highest BCUT2D eigenvalue weighted by molar-refractivity contribution is 4.90. The fraction of sp³-hybridized carbons (Fsp3) is 0.778. The standard InChI is InChI=1S/C9H18NO2/c1-5-7-8(3)10(11)12-9(4)6-2/h9H,3,5-7H2,1-2,4H3/q-1/t9-/m0/s1. The smallest absolute Gasteiger partial charge is 0.0815 e. The van der Waals surface area contributed by atoms with E-state index in [0.717, 1.165) is 12.8 Å². The number of hydroxylamine groups is 2. The summed E-state index contributed by atoms with van der Waals surface area (Å²) in [7, 11) is 0. The first-order chi connectivity index (χ1) is 5.61. The number of nitrogens with zero attached hydrogens (tertiary/aromatic N) is 1. The van der Waals surface area contributed by atoms with Gasteiger partial charge in [-0.25, -0.2) is 0 Å². The van der Waals surface area contributed by atoms with Crippen molar-refractivity contribution in [3.8, 4) is 0 Å². The largest absolute Gasteiger partial charge is 0.734 e. The van der Waals surface area contributed by atoms with Gasteiger partial charge >= 0.3 is 0 Å². The number of rotatable bonds is 6. The molecule has 0 unspecified atom stereocenters. The van der Waals surface area contributed by atoms with Crippen LogP contribution in [0.2, 0.25) is 0 Å². The van der Waals surface area contributed by atoms with E-state index in [1.807, 2.05) is 20.8 Å². The molecule has 0 rings (SSSR count). The summed E-state index contributed by atoms with van der Waals surface area (Å²) < 4.78 is 0. The molecule has 0 aliphatic rings. The van der Waals surface area contributed by atoms with Crippen LogP contribution in [-0.2, 0) is 4.84 Å². The molecule has 3 heteroatoms. The van der Waals surface area contributed by atoms with Gasteiger partial charge in [0.25, 0.3) is 0 Å². The van der Waals surface area contributed by atoms with Crippen molar-refractivity contribution in [3.05, 3.63) is 17.5 Å². The van der Waals surface area contributed by atoms with Crippen LogP contribution in [0.5, 0.6) is 0 Å². The van der Waals surface area contributed by atoms with Crippen LogP contribution in [-0.4, -0.2) is 11.3 Å². The lowest BCUT2D eigenvalue weighted by molar-refractivity contribution is -0.136. The van der Waals surface area contributed by atoms with Crippen molar-refractivity contribution in [2.45, 2.75) is 46.1 Å². The minimum absolute atomic E-state index is 0.0314. The van der Waals surface area contributed by atoms with Gasteiger partial charge in [0.2, 0.25) is 0 Å². The molecule has 1 atom stereocenters. The van der Waals surface area contributed by atoms with E-state index in [1.165, 1.54) is 0 Å². The highest BCUT2D eigenvalue weighted by Gasteiger charge is 2.01. The number of hydrogen-bond donors (Lipinski definition) is 0. The van der Waals surface area contributed by atoms with Crippen LogP contribution in [0.25, 0.3) is 0 Å². The molecule has 0 radical (unpaired) electrons. The number of hydrogen-bond acceptors (Lipinski definition) is 3. The molecule has 72 valence electrons. The summed E-state index contributed by atoms with van der Waals surface area (Å²) in [6, 6.07) is 0. The second-order valence-corrected chi connectivity index (χ2v) is 2.90. The van der Waals surface area contributed by atoms with Crippen molar-refractivity contribution >= 4 is 0 Å². The lowest BCUT2D eigenvalue weighted by Crippen LogP contribution is -2.21. The maximum absolute atomic E-state index is 11.1. The van der Waals surface area contributed by atoms with E-state index in [9.17, 15) is 5.21 Å². The first-order valence-corrected chi connectivity index (χ1v) is 4.43. The topological polar surface area (TPSA) is 35.5 Å². The van der Waals surface area contributed by atoms with Gasteiger partial charge in [0.05, 0.1) is 6.10 Å². The SMILES string of the molecule is C=C(CCC)N([O-])O[C@@H](C)CC. The molecule has 3 nitrogen and oxygen atoms in total. The summed E-state index contributed by atoms with van der Waals surface area (Å²) in [4.78, 5) is 4.99. The van der Waals surface area contributed by atoms with Crippen molar-refractivity contribution in [2.75, 3.05) is 0 Å². The normalized spacial score (nSPS) is 12.7. The van der Waals surface area contributed by atoms with Crippen molar-refractivity contribution in [3.63, 3.8) is 0 Å². The zero-order chi connectivity index (χ0) is 9.56. The molecule has 0 saturated carbocycles. The first kappa shape index (κ1) is 11.5. The van der Waals surface area contributed by atoms with Crippen molar-refractivity contribution < 1.29 is 4.84 Å². The maximum Gasteiger partial charge on any atom is 0.0815 e. The van der Waals surface area contributed by atoms with Crippen LogP contribution >= 0.6 is 0 Å². The molecular weight excluding hydrogens is 154 g/mol. The summed E-state index contributed by atoms with van der Waals surface area (Å²) >= 11 is 0. The average Bonchev–Trinajstić information content (AvgIpc) is 2.04. The average molecular weight is 172 g/mol. The van der Waals surface area contributed by atoms with Crippen LogP contribution in [0.15, 0.2) is 12.3 Å². The van der Waals surface area contributed by atoms with Gasteiger partial charge in [0, 0.05) is 5.70 Å². The summed E-state index contributed by atoms with van der Waals surface area (Å²) in [6.07, 6.45) is 2.41. The van der Waals surface area contributed by atoms with Gasteiger partial charge in [-0.05, 0) is 19.8 Å². The molecule has 0 fully saturated rings. The van der Waals surface area contributed by atoms with Crippen LogP contribution in [0.4, 0.5) is 0 Å². The first-order valence-electron chi connectivity index (χ1n) is 4.43. The summed E-state index contributed by atoms with van der Waals surface area (Å²) in [5, 5.41) is 11.6. The lowest BCUT2D eigenvalue weighted by atomic mass is 10.3. The van der Waals surface area contributed by atoms with Crippen LogP contribution < -0.4 is 0 Å². The Bertz CT molecular complexity index is 136. The monoisotopic (exact) mass is 172 g/mol. The van der Waals surface area contributed by atoms with Crippen molar-refractivity contribution in [1.82, 2.24) is 5.23 Å². The summed E-state index contributed by atoms with van der Waals surface area (Å²) in [6.45, 7) is 9.46. The van der Waals surface area contributed by atoms with Gasteiger partial charge in [-0.3, -0.25) is 4.84 Å². The molecule has 0 aliphatic carbocycles. The maximum atomic E-state index is 11.1. The molecule has 0 amide bonds. The van der Waals surface area contributed by atoms with Gasteiger partial charge in [0.15, 0.2) is 0 Å². The molecule has 0 N–H and O–H groups in total. The molecule has 0 spiro atoms. The van der Waals surface area contributed by atoms with Gasteiger partial charge in [-0.1, -0.05) is 26.8 Å². The Balaban J connectivity index is 3.70.